The monoisotopic (exact) mass is 280 g/mol. The van der Waals surface area contributed by atoms with Gasteiger partial charge in [-0.2, -0.15) is 0 Å². The third-order valence-electron chi connectivity index (χ3n) is 5.78. The molecule has 4 fully saturated rings. The first kappa shape index (κ1) is 13.1. The lowest BCUT2D eigenvalue weighted by atomic mass is 9.75. The summed E-state index contributed by atoms with van der Waals surface area (Å²) >= 11 is 0. The molecule has 0 aromatic heterocycles. The van der Waals surface area contributed by atoms with Gasteiger partial charge in [0.05, 0.1) is 36.4 Å². The molecule has 0 spiro atoms. The van der Waals surface area contributed by atoms with E-state index in [0.29, 0.717) is 31.0 Å². The number of epoxide rings is 2. The normalized spacial score (nSPS) is 52.7. The van der Waals surface area contributed by atoms with E-state index in [1.54, 1.807) is 0 Å². The van der Waals surface area contributed by atoms with Crippen LogP contribution in [0.5, 0.6) is 0 Å². The van der Waals surface area contributed by atoms with E-state index in [1.165, 1.54) is 0 Å². The van der Waals surface area contributed by atoms with Gasteiger partial charge in [-0.25, -0.2) is 0 Å². The summed E-state index contributed by atoms with van der Waals surface area (Å²) in [6, 6.07) is 0. The maximum absolute atomic E-state index is 12.5. The summed E-state index contributed by atoms with van der Waals surface area (Å²) in [6.07, 6.45) is 7.67. The van der Waals surface area contributed by atoms with E-state index < -0.39 is 0 Å². The lowest BCUT2D eigenvalue weighted by Gasteiger charge is -2.34. The largest absolute Gasteiger partial charge is 0.465 e. The van der Waals surface area contributed by atoms with Crippen molar-refractivity contribution < 1.29 is 19.0 Å². The Kier molecular flexibility index (Phi) is 2.75. The van der Waals surface area contributed by atoms with Gasteiger partial charge >= 0.3 is 5.97 Å². The second-order valence-corrected chi connectivity index (χ2v) is 7.86. The Labute approximate surface area is 120 Å². The summed E-state index contributed by atoms with van der Waals surface area (Å²) in [5.74, 6) is -0.0217. The van der Waals surface area contributed by atoms with Crippen molar-refractivity contribution in [3.63, 3.8) is 0 Å². The summed E-state index contributed by atoms with van der Waals surface area (Å²) in [5.41, 5.74) is -0.224. The number of carbonyl (C=O) groups is 1. The van der Waals surface area contributed by atoms with Crippen molar-refractivity contribution in [3.05, 3.63) is 0 Å². The molecular formula is C16H24O4. The van der Waals surface area contributed by atoms with Gasteiger partial charge in [-0.3, -0.25) is 4.79 Å². The number of fused-ring (bicyclic) bond motifs is 2. The Balaban J connectivity index is 1.33. The average Bonchev–Trinajstić information content (AvgIpc) is 3.29. The van der Waals surface area contributed by atoms with Crippen molar-refractivity contribution in [3.8, 4) is 0 Å². The molecule has 0 aromatic carbocycles. The zero-order valence-electron chi connectivity index (χ0n) is 12.4. The molecule has 4 nitrogen and oxygen atoms in total. The van der Waals surface area contributed by atoms with Crippen molar-refractivity contribution in [2.75, 3.05) is 6.61 Å². The van der Waals surface area contributed by atoms with Crippen LogP contribution in [0.2, 0.25) is 0 Å². The highest BCUT2D eigenvalue weighted by Gasteiger charge is 2.53. The minimum Gasteiger partial charge on any atom is -0.465 e. The molecule has 2 saturated heterocycles. The molecule has 4 heteroatoms. The van der Waals surface area contributed by atoms with Crippen LogP contribution in [0.25, 0.3) is 0 Å². The number of hydrogen-bond donors (Lipinski definition) is 0. The van der Waals surface area contributed by atoms with Crippen LogP contribution in [-0.4, -0.2) is 37.0 Å². The summed E-state index contributed by atoms with van der Waals surface area (Å²) in [4.78, 5) is 12.5. The number of esters is 1. The van der Waals surface area contributed by atoms with Gasteiger partial charge in [0, 0.05) is 5.41 Å². The lowest BCUT2D eigenvalue weighted by molar-refractivity contribution is -0.160. The highest BCUT2D eigenvalue weighted by molar-refractivity contribution is 5.76. The van der Waals surface area contributed by atoms with Gasteiger partial charge in [0.25, 0.3) is 0 Å². The van der Waals surface area contributed by atoms with Gasteiger partial charge in [0.15, 0.2) is 0 Å². The Morgan fingerprint density at radius 2 is 1.70 bits per heavy atom. The van der Waals surface area contributed by atoms with Gasteiger partial charge < -0.3 is 14.2 Å². The summed E-state index contributed by atoms with van der Waals surface area (Å²) in [5, 5.41) is 0. The van der Waals surface area contributed by atoms with Gasteiger partial charge in [-0.05, 0) is 45.4 Å². The van der Waals surface area contributed by atoms with Crippen LogP contribution >= 0.6 is 0 Å². The Morgan fingerprint density at radius 3 is 2.35 bits per heavy atom. The zero-order valence-corrected chi connectivity index (χ0v) is 12.4. The molecule has 2 heterocycles. The number of hydrogen-bond acceptors (Lipinski definition) is 4. The van der Waals surface area contributed by atoms with Crippen molar-refractivity contribution >= 4 is 5.97 Å². The maximum Gasteiger partial charge on any atom is 0.311 e. The number of rotatable bonds is 3. The molecule has 4 aliphatic rings. The van der Waals surface area contributed by atoms with E-state index in [9.17, 15) is 4.79 Å². The van der Waals surface area contributed by atoms with Gasteiger partial charge in [-0.1, -0.05) is 6.92 Å². The molecular weight excluding hydrogens is 256 g/mol. The van der Waals surface area contributed by atoms with Crippen LogP contribution in [0.4, 0.5) is 0 Å². The predicted octanol–water partition coefficient (Wildman–Crippen LogP) is 2.44. The van der Waals surface area contributed by atoms with E-state index in [1.807, 2.05) is 6.92 Å². The molecule has 2 saturated carbocycles. The van der Waals surface area contributed by atoms with Crippen LogP contribution in [0.1, 0.15) is 52.4 Å². The standard InChI is InChI=1S/C16H24O4/c1-15(5-3-10-12(7-15)19-10)9-18-14(17)16(2)6-4-11-13(8-16)20-11/h10-13H,3-9H2,1-2H3. The van der Waals surface area contributed by atoms with Crippen LogP contribution in [0.3, 0.4) is 0 Å². The molecule has 6 atom stereocenters. The molecule has 2 aliphatic carbocycles. The third-order valence-corrected chi connectivity index (χ3v) is 5.78. The van der Waals surface area contributed by atoms with Crippen molar-refractivity contribution in [1.82, 2.24) is 0 Å². The van der Waals surface area contributed by atoms with Gasteiger partial charge in [-0.15, -0.1) is 0 Å². The molecule has 20 heavy (non-hydrogen) atoms. The highest BCUT2D eigenvalue weighted by atomic mass is 16.6. The van der Waals surface area contributed by atoms with E-state index in [-0.39, 0.29) is 16.8 Å². The second-order valence-electron chi connectivity index (χ2n) is 7.86. The fourth-order valence-corrected chi connectivity index (χ4v) is 4.04. The quantitative estimate of drug-likeness (QED) is 0.588. The average molecular weight is 280 g/mol. The van der Waals surface area contributed by atoms with Crippen molar-refractivity contribution in [2.45, 2.75) is 76.8 Å². The van der Waals surface area contributed by atoms with E-state index in [2.05, 4.69) is 6.92 Å². The smallest absolute Gasteiger partial charge is 0.311 e. The zero-order chi connectivity index (χ0) is 14.0. The van der Waals surface area contributed by atoms with Crippen LogP contribution in [0.15, 0.2) is 0 Å². The molecule has 0 bridgehead atoms. The van der Waals surface area contributed by atoms with Crippen LogP contribution in [0, 0.1) is 10.8 Å². The first-order valence-electron chi connectivity index (χ1n) is 7.96. The molecule has 6 unspecified atom stereocenters. The Morgan fingerprint density at radius 1 is 1.05 bits per heavy atom. The third kappa shape index (κ3) is 2.27. The molecule has 0 aromatic rings. The summed E-state index contributed by atoms with van der Waals surface area (Å²) < 4.78 is 16.8. The fraction of sp³-hybridized carbons (Fsp3) is 0.938. The molecule has 2 aliphatic heterocycles. The minimum atomic E-state index is -0.332. The molecule has 112 valence electrons. The minimum absolute atomic E-state index is 0.0217. The van der Waals surface area contributed by atoms with Crippen molar-refractivity contribution in [2.24, 2.45) is 10.8 Å². The van der Waals surface area contributed by atoms with Crippen LogP contribution < -0.4 is 0 Å². The topological polar surface area (TPSA) is 51.4 Å². The van der Waals surface area contributed by atoms with Crippen LogP contribution in [-0.2, 0) is 19.0 Å². The van der Waals surface area contributed by atoms with E-state index >= 15 is 0 Å². The lowest BCUT2D eigenvalue weighted by Crippen LogP contribution is -2.38. The maximum atomic E-state index is 12.5. The highest BCUT2D eigenvalue weighted by Crippen LogP contribution is 2.48. The van der Waals surface area contributed by atoms with Crippen molar-refractivity contribution in [1.29, 1.82) is 0 Å². The molecule has 0 radical (unpaired) electrons. The molecule has 0 N–H and O–H groups in total. The number of ether oxygens (including phenoxy) is 3. The Bertz CT molecular complexity index is 436. The molecule has 4 rings (SSSR count). The van der Waals surface area contributed by atoms with E-state index in [0.717, 1.165) is 38.5 Å². The first-order valence-corrected chi connectivity index (χ1v) is 7.96. The second kappa shape index (κ2) is 4.20. The summed E-state index contributed by atoms with van der Waals surface area (Å²) in [7, 11) is 0. The first-order chi connectivity index (χ1) is 9.47. The summed E-state index contributed by atoms with van der Waals surface area (Å²) in [6.45, 7) is 4.81. The SMILES string of the molecule is CC1(COC(=O)C2(C)CCC3OC3C2)CCC2OC2C1. The number of carbonyl (C=O) groups excluding carboxylic acids is 1. The van der Waals surface area contributed by atoms with Gasteiger partial charge in [0.2, 0.25) is 0 Å². The Hall–Kier alpha value is -0.610. The van der Waals surface area contributed by atoms with E-state index in [4.69, 9.17) is 14.2 Å². The molecule has 0 amide bonds. The predicted molar refractivity (Wildman–Crippen MR) is 72.2 cm³/mol. The fourth-order valence-electron chi connectivity index (χ4n) is 4.04. The van der Waals surface area contributed by atoms with Gasteiger partial charge in [0.1, 0.15) is 0 Å².